The Bertz CT molecular complexity index is 1070. The predicted octanol–water partition coefficient (Wildman–Crippen LogP) is 5.05. The molecule has 2 aromatic carbocycles. The smallest absolute Gasteiger partial charge is 0.230 e. The van der Waals surface area contributed by atoms with Gasteiger partial charge in [-0.25, -0.2) is 4.98 Å². The maximum atomic E-state index is 12.3. The number of carbonyl (C=O) groups excluding carboxylic acids is 2. The van der Waals surface area contributed by atoms with Crippen molar-refractivity contribution in [3.05, 3.63) is 76.3 Å². The van der Waals surface area contributed by atoms with Gasteiger partial charge >= 0.3 is 0 Å². The second kappa shape index (κ2) is 8.19. The number of allylic oxidation sites excluding steroid dienone is 1. The third kappa shape index (κ3) is 4.18. The molecular formula is C22H20N2O3S. The number of thiazole rings is 1. The van der Waals surface area contributed by atoms with Gasteiger partial charge in [0.1, 0.15) is 5.75 Å². The number of rotatable bonds is 5. The average molecular weight is 392 g/mol. The van der Waals surface area contributed by atoms with Gasteiger partial charge in [0, 0.05) is 17.9 Å². The first-order valence-electron chi connectivity index (χ1n) is 8.70. The number of anilines is 2. The number of phenolic OH excluding ortho intramolecular Hbond substituents is 1. The van der Waals surface area contributed by atoms with E-state index in [0.29, 0.717) is 16.4 Å². The Kier molecular flexibility index (Phi) is 5.70. The molecule has 0 fully saturated rings. The maximum Gasteiger partial charge on any atom is 0.230 e. The molecule has 6 heteroatoms. The van der Waals surface area contributed by atoms with Crippen LogP contribution in [0.3, 0.4) is 0 Å². The lowest BCUT2D eigenvalue weighted by Gasteiger charge is -2.21. The molecule has 0 saturated carbocycles. The van der Waals surface area contributed by atoms with Gasteiger partial charge in [0.25, 0.3) is 0 Å². The average Bonchev–Trinajstić information content (AvgIpc) is 3.11. The number of phenols is 1. The van der Waals surface area contributed by atoms with E-state index in [4.69, 9.17) is 0 Å². The van der Waals surface area contributed by atoms with Crippen LogP contribution in [0.2, 0.25) is 0 Å². The fourth-order valence-electron chi connectivity index (χ4n) is 2.76. The molecule has 0 aliphatic carbocycles. The van der Waals surface area contributed by atoms with Crippen molar-refractivity contribution >= 4 is 39.9 Å². The molecule has 3 aromatic rings. The van der Waals surface area contributed by atoms with Gasteiger partial charge < -0.3 is 5.11 Å². The van der Waals surface area contributed by atoms with Crippen LogP contribution in [0.1, 0.15) is 34.1 Å². The van der Waals surface area contributed by atoms with E-state index in [0.717, 1.165) is 16.8 Å². The van der Waals surface area contributed by atoms with Gasteiger partial charge in [0.2, 0.25) is 5.91 Å². The third-order valence-electron chi connectivity index (χ3n) is 4.37. The molecular weight excluding hydrogens is 372 g/mol. The quantitative estimate of drug-likeness (QED) is 0.487. The van der Waals surface area contributed by atoms with E-state index in [1.54, 1.807) is 28.5 Å². The number of carbonyl (C=O) groups is 2. The molecule has 0 atom stereocenters. The highest BCUT2D eigenvalue weighted by Crippen LogP contribution is 2.32. The first-order chi connectivity index (χ1) is 13.4. The van der Waals surface area contributed by atoms with Crippen molar-refractivity contribution in [2.45, 2.75) is 20.8 Å². The van der Waals surface area contributed by atoms with Gasteiger partial charge in [-0.3, -0.25) is 14.5 Å². The highest BCUT2D eigenvalue weighted by molar-refractivity contribution is 7.14. The van der Waals surface area contributed by atoms with E-state index < -0.39 is 0 Å². The van der Waals surface area contributed by atoms with Crippen LogP contribution >= 0.6 is 11.3 Å². The summed E-state index contributed by atoms with van der Waals surface area (Å²) in [6.45, 7) is 5.48. The summed E-state index contributed by atoms with van der Waals surface area (Å²) in [5.74, 6) is -0.321. The minimum Gasteiger partial charge on any atom is -0.508 e. The van der Waals surface area contributed by atoms with E-state index in [2.05, 4.69) is 4.98 Å². The van der Waals surface area contributed by atoms with E-state index in [9.17, 15) is 14.7 Å². The molecule has 1 N–H and O–H groups in total. The van der Waals surface area contributed by atoms with Crippen molar-refractivity contribution in [3.8, 4) is 5.75 Å². The lowest BCUT2D eigenvalue weighted by atomic mass is 10.1. The number of aryl methyl sites for hydroxylation is 1. The summed E-state index contributed by atoms with van der Waals surface area (Å²) in [7, 11) is 0. The number of hydrogen-bond donors (Lipinski definition) is 1. The number of aromatic nitrogens is 1. The zero-order valence-electron chi connectivity index (χ0n) is 15.8. The topological polar surface area (TPSA) is 70.5 Å². The van der Waals surface area contributed by atoms with Gasteiger partial charge in [-0.15, -0.1) is 11.3 Å². The third-order valence-corrected chi connectivity index (χ3v) is 5.21. The molecule has 3 rings (SSSR count). The molecule has 1 aromatic heterocycles. The summed E-state index contributed by atoms with van der Waals surface area (Å²) in [6, 6.07) is 12.0. The SMILES string of the molecule is CC(=O)N(c1nc(C=CC(=O)c2cccc(O)c2)cs1)c1cccc(C)c1C. The minimum absolute atomic E-state index is 0.0424. The normalized spacial score (nSPS) is 11.0. The molecule has 28 heavy (non-hydrogen) atoms. The lowest BCUT2D eigenvalue weighted by molar-refractivity contribution is -0.115. The number of aromatic hydroxyl groups is 1. The standard InChI is InChI=1S/C22H20N2O3S/c1-14-6-4-9-20(15(14)2)24(16(3)25)22-23-18(13-28-22)10-11-21(27)17-7-5-8-19(26)12-17/h4-13,26H,1-3H3. The molecule has 5 nitrogen and oxygen atoms in total. The molecule has 1 amide bonds. The van der Waals surface area contributed by atoms with Crippen LogP contribution in [0, 0.1) is 13.8 Å². The Morgan fingerprint density at radius 3 is 2.61 bits per heavy atom. The summed E-state index contributed by atoms with van der Waals surface area (Å²) >= 11 is 1.34. The van der Waals surface area contributed by atoms with Crippen molar-refractivity contribution in [2.75, 3.05) is 4.90 Å². The van der Waals surface area contributed by atoms with Crippen molar-refractivity contribution in [1.29, 1.82) is 0 Å². The summed E-state index contributed by atoms with van der Waals surface area (Å²) in [4.78, 5) is 30.6. The second-order valence-corrected chi connectivity index (χ2v) is 7.21. The fourth-order valence-corrected chi connectivity index (χ4v) is 3.61. The molecule has 142 valence electrons. The first kappa shape index (κ1) is 19.5. The van der Waals surface area contributed by atoms with Gasteiger partial charge in [-0.2, -0.15) is 0 Å². The van der Waals surface area contributed by atoms with E-state index in [1.165, 1.54) is 36.5 Å². The zero-order chi connectivity index (χ0) is 20.3. The molecule has 0 spiro atoms. The van der Waals surface area contributed by atoms with Crippen LogP contribution in [0.5, 0.6) is 5.75 Å². The zero-order valence-corrected chi connectivity index (χ0v) is 16.7. The van der Waals surface area contributed by atoms with Crippen LogP contribution in [0.15, 0.2) is 53.9 Å². The predicted molar refractivity (Wildman–Crippen MR) is 112 cm³/mol. The van der Waals surface area contributed by atoms with Crippen LogP contribution in [-0.2, 0) is 4.79 Å². The number of benzene rings is 2. The number of amides is 1. The van der Waals surface area contributed by atoms with Crippen LogP contribution in [0.4, 0.5) is 10.8 Å². The summed E-state index contributed by atoms with van der Waals surface area (Å²) < 4.78 is 0. The Balaban J connectivity index is 1.86. The van der Waals surface area contributed by atoms with Gasteiger partial charge in [-0.05, 0) is 55.3 Å². The lowest BCUT2D eigenvalue weighted by Crippen LogP contribution is -2.23. The molecule has 0 aliphatic rings. The Hall–Kier alpha value is -3.25. The van der Waals surface area contributed by atoms with Crippen molar-refractivity contribution in [1.82, 2.24) is 4.98 Å². The largest absolute Gasteiger partial charge is 0.508 e. The monoisotopic (exact) mass is 392 g/mol. The van der Waals surface area contributed by atoms with E-state index >= 15 is 0 Å². The minimum atomic E-state index is -0.233. The highest BCUT2D eigenvalue weighted by Gasteiger charge is 2.19. The Morgan fingerprint density at radius 2 is 1.89 bits per heavy atom. The first-order valence-corrected chi connectivity index (χ1v) is 9.58. The maximum absolute atomic E-state index is 12.3. The molecule has 0 unspecified atom stereocenters. The van der Waals surface area contributed by atoms with Crippen LogP contribution in [-0.4, -0.2) is 21.8 Å². The summed E-state index contributed by atoms with van der Waals surface area (Å²) in [5, 5.41) is 11.8. The van der Waals surface area contributed by atoms with Crippen molar-refractivity contribution < 1.29 is 14.7 Å². The molecule has 0 aliphatic heterocycles. The van der Waals surface area contributed by atoms with E-state index in [-0.39, 0.29) is 17.4 Å². The number of ketones is 1. The fraction of sp³-hybridized carbons (Fsp3) is 0.136. The Labute approximate surface area is 167 Å². The molecule has 0 bridgehead atoms. The summed E-state index contributed by atoms with van der Waals surface area (Å²) in [5.41, 5.74) is 3.90. The number of nitrogens with zero attached hydrogens (tertiary/aromatic N) is 2. The molecule has 0 saturated heterocycles. The van der Waals surface area contributed by atoms with E-state index in [1.807, 2.05) is 32.0 Å². The van der Waals surface area contributed by atoms with Crippen molar-refractivity contribution in [2.24, 2.45) is 0 Å². The van der Waals surface area contributed by atoms with Gasteiger partial charge in [0.15, 0.2) is 10.9 Å². The second-order valence-electron chi connectivity index (χ2n) is 6.38. The molecule has 0 radical (unpaired) electrons. The van der Waals surface area contributed by atoms with Crippen LogP contribution < -0.4 is 4.90 Å². The highest BCUT2D eigenvalue weighted by atomic mass is 32.1. The summed E-state index contributed by atoms with van der Waals surface area (Å²) in [6.07, 6.45) is 3.01. The number of hydrogen-bond acceptors (Lipinski definition) is 5. The molecule has 1 heterocycles. The van der Waals surface area contributed by atoms with Crippen LogP contribution in [0.25, 0.3) is 6.08 Å². The van der Waals surface area contributed by atoms with Gasteiger partial charge in [-0.1, -0.05) is 24.3 Å². The van der Waals surface area contributed by atoms with Gasteiger partial charge in [0.05, 0.1) is 11.4 Å². The van der Waals surface area contributed by atoms with Crippen molar-refractivity contribution in [3.63, 3.8) is 0 Å². The Morgan fingerprint density at radius 1 is 1.14 bits per heavy atom.